The number of para-hydroxylation sites is 2. The van der Waals surface area contributed by atoms with E-state index in [1.54, 1.807) is 12.1 Å². The highest BCUT2D eigenvalue weighted by atomic mass is 35.5. The van der Waals surface area contributed by atoms with Crippen LogP contribution in [-0.2, 0) is 9.53 Å². The number of hydrogen-bond acceptors (Lipinski definition) is 5. The van der Waals surface area contributed by atoms with Gasteiger partial charge >= 0.3 is 0 Å². The van der Waals surface area contributed by atoms with Crippen LogP contribution in [0.4, 0.5) is 11.4 Å². The second-order valence-corrected chi connectivity index (χ2v) is 6.55. The number of carbonyl (C=O) groups is 1. The third-order valence-corrected chi connectivity index (χ3v) is 4.60. The average Bonchev–Trinajstić information content (AvgIpc) is 2.68. The van der Waals surface area contributed by atoms with Crippen LogP contribution in [0.25, 0.3) is 0 Å². The molecule has 1 amide bonds. The molecule has 2 aliphatic heterocycles. The molecule has 0 bridgehead atoms. The zero-order chi connectivity index (χ0) is 17.9. The lowest BCUT2D eigenvalue weighted by Crippen LogP contribution is -2.41. The van der Waals surface area contributed by atoms with Crippen LogP contribution in [0.2, 0.25) is 5.02 Å². The zero-order valence-electron chi connectivity index (χ0n) is 14.1. The highest BCUT2D eigenvalue weighted by Crippen LogP contribution is 2.33. The van der Waals surface area contributed by atoms with E-state index in [2.05, 4.69) is 10.2 Å². The molecule has 0 aliphatic carbocycles. The molecule has 0 saturated carbocycles. The SMILES string of the molecule is O=C(Nc1cc(Cl)ccc1N1CCOCC1)[C@@H]1COc2ccccc2O1. The number of ether oxygens (including phenoxy) is 3. The fraction of sp³-hybridized carbons (Fsp3) is 0.316. The van der Waals surface area contributed by atoms with Crippen molar-refractivity contribution in [3.05, 3.63) is 47.5 Å². The van der Waals surface area contributed by atoms with E-state index in [9.17, 15) is 4.79 Å². The van der Waals surface area contributed by atoms with Crippen molar-refractivity contribution in [2.75, 3.05) is 43.1 Å². The second kappa shape index (κ2) is 7.43. The van der Waals surface area contributed by atoms with E-state index in [0.29, 0.717) is 35.4 Å². The van der Waals surface area contributed by atoms with E-state index in [-0.39, 0.29) is 12.5 Å². The number of hydrogen-bond donors (Lipinski definition) is 1. The molecular weight excluding hydrogens is 356 g/mol. The minimum atomic E-state index is -0.721. The van der Waals surface area contributed by atoms with Crippen molar-refractivity contribution in [1.29, 1.82) is 0 Å². The summed E-state index contributed by atoms with van der Waals surface area (Å²) < 4.78 is 16.8. The molecule has 2 heterocycles. The molecule has 0 radical (unpaired) electrons. The van der Waals surface area contributed by atoms with Gasteiger partial charge in [-0.05, 0) is 30.3 Å². The summed E-state index contributed by atoms with van der Waals surface area (Å²) in [5.74, 6) is 0.947. The van der Waals surface area contributed by atoms with E-state index in [4.69, 9.17) is 25.8 Å². The number of fused-ring (bicyclic) bond motifs is 1. The predicted molar refractivity (Wildman–Crippen MR) is 99.5 cm³/mol. The Bertz CT molecular complexity index is 808. The Kier molecular flexibility index (Phi) is 4.86. The Labute approximate surface area is 156 Å². The Morgan fingerprint density at radius 1 is 1.12 bits per heavy atom. The zero-order valence-corrected chi connectivity index (χ0v) is 14.9. The molecule has 2 aromatic carbocycles. The average molecular weight is 375 g/mol. The van der Waals surface area contributed by atoms with Crippen LogP contribution in [0.1, 0.15) is 0 Å². The summed E-state index contributed by atoms with van der Waals surface area (Å²) in [6, 6.07) is 12.8. The number of anilines is 2. The van der Waals surface area contributed by atoms with Crippen LogP contribution in [-0.4, -0.2) is 44.9 Å². The smallest absolute Gasteiger partial charge is 0.269 e. The fourth-order valence-electron chi connectivity index (χ4n) is 3.05. The molecule has 26 heavy (non-hydrogen) atoms. The largest absolute Gasteiger partial charge is 0.485 e. The molecule has 1 fully saturated rings. The first-order valence-electron chi connectivity index (χ1n) is 8.52. The van der Waals surface area contributed by atoms with Gasteiger partial charge in [-0.2, -0.15) is 0 Å². The third-order valence-electron chi connectivity index (χ3n) is 4.37. The number of morpholine rings is 1. The Morgan fingerprint density at radius 3 is 2.69 bits per heavy atom. The topological polar surface area (TPSA) is 60.0 Å². The predicted octanol–water partition coefficient (Wildman–Crippen LogP) is 2.96. The quantitative estimate of drug-likeness (QED) is 0.895. The maximum Gasteiger partial charge on any atom is 0.269 e. The minimum Gasteiger partial charge on any atom is -0.485 e. The molecule has 1 N–H and O–H groups in total. The first kappa shape index (κ1) is 17.0. The Hall–Kier alpha value is -2.44. The molecule has 136 valence electrons. The lowest BCUT2D eigenvalue weighted by atomic mass is 10.2. The van der Waals surface area contributed by atoms with Crippen molar-refractivity contribution >= 4 is 28.9 Å². The van der Waals surface area contributed by atoms with Gasteiger partial charge in [0.2, 0.25) is 6.10 Å². The van der Waals surface area contributed by atoms with Crippen molar-refractivity contribution in [2.45, 2.75) is 6.10 Å². The lowest BCUT2D eigenvalue weighted by molar-refractivity contribution is -0.125. The van der Waals surface area contributed by atoms with Crippen LogP contribution in [0, 0.1) is 0 Å². The molecule has 0 unspecified atom stereocenters. The minimum absolute atomic E-state index is 0.163. The number of carbonyl (C=O) groups excluding carboxylic acids is 1. The number of nitrogens with zero attached hydrogens (tertiary/aromatic N) is 1. The number of amides is 1. The van der Waals surface area contributed by atoms with Crippen molar-refractivity contribution in [1.82, 2.24) is 0 Å². The molecule has 2 aromatic rings. The van der Waals surface area contributed by atoms with Crippen LogP contribution in [0.3, 0.4) is 0 Å². The molecule has 0 spiro atoms. The first-order valence-corrected chi connectivity index (χ1v) is 8.90. The molecule has 7 heteroatoms. The summed E-state index contributed by atoms with van der Waals surface area (Å²) >= 11 is 6.14. The summed E-state index contributed by atoms with van der Waals surface area (Å²) in [6.07, 6.45) is -0.721. The van der Waals surface area contributed by atoms with Crippen LogP contribution in [0.5, 0.6) is 11.5 Å². The van der Waals surface area contributed by atoms with Crippen molar-refractivity contribution in [3.8, 4) is 11.5 Å². The number of nitrogens with one attached hydrogen (secondary N) is 1. The van der Waals surface area contributed by atoms with Gasteiger partial charge in [-0.25, -0.2) is 0 Å². The van der Waals surface area contributed by atoms with Gasteiger partial charge in [-0.1, -0.05) is 23.7 Å². The summed E-state index contributed by atoms with van der Waals surface area (Å²) in [5.41, 5.74) is 1.58. The molecule has 4 rings (SSSR count). The van der Waals surface area contributed by atoms with Crippen molar-refractivity contribution in [3.63, 3.8) is 0 Å². The van der Waals surface area contributed by atoms with Gasteiger partial charge in [0.15, 0.2) is 11.5 Å². The third kappa shape index (κ3) is 3.57. The van der Waals surface area contributed by atoms with E-state index >= 15 is 0 Å². The van der Waals surface area contributed by atoms with Gasteiger partial charge in [0.1, 0.15) is 6.61 Å². The first-order chi connectivity index (χ1) is 12.7. The monoisotopic (exact) mass is 374 g/mol. The number of rotatable bonds is 3. The standard InChI is InChI=1S/C19H19ClN2O4/c20-13-5-6-15(22-7-9-24-10-8-22)14(11-13)21-19(23)18-12-25-16-3-1-2-4-17(16)26-18/h1-6,11,18H,7-10,12H2,(H,21,23)/t18-/m0/s1. The van der Waals surface area contributed by atoms with Crippen LogP contribution >= 0.6 is 11.6 Å². The molecule has 0 aromatic heterocycles. The van der Waals surface area contributed by atoms with Gasteiger partial charge in [0.05, 0.1) is 24.6 Å². The molecule has 2 aliphatic rings. The van der Waals surface area contributed by atoms with Crippen molar-refractivity contribution < 1.29 is 19.0 Å². The highest BCUT2D eigenvalue weighted by Gasteiger charge is 2.28. The Balaban J connectivity index is 1.52. The highest BCUT2D eigenvalue weighted by molar-refractivity contribution is 6.31. The van der Waals surface area contributed by atoms with Crippen LogP contribution in [0.15, 0.2) is 42.5 Å². The summed E-state index contributed by atoms with van der Waals surface area (Å²) in [5, 5.41) is 3.50. The van der Waals surface area contributed by atoms with Crippen molar-refractivity contribution in [2.24, 2.45) is 0 Å². The summed E-state index contributed by atoms with van der Waals surface area (Å²) in [6.45, 7) is 3.01. The van der Waals surface area contributed by atoms with Gasteiger partial charge in [-0.15, -0.1) is 0 Å². The van der Waals surface area contributed by atoms with Gasteiger partial charge < -0.3 is 24.4 Å². The molecule has 1 saturated heterocycles. The fourth-order valence-corrected chi connectivity index (χ4v) is 3.22. The van der Waals surface area contributed by atoms with Gasteiger partial charge in [-0.3, -0.25) is 4.79 Å². The van der Waals surface area contributed by atoms with E-state index in [1.165, 1.54) is 0 Å². The molecule has 1 atom stereocenters. The number of halogens is 1. The van der Waals surface area contributed by atoms with E-state index in [0.717, 1.165) is 18.8 Å². The Morgan fingerprint density at radius 2 is 1.88 bits per heavy atom. The van der Waals surface area contributed by atoms with E-state index < -0.39 is 6.10 Å². The molecule has 6 nitrogen and oxygen atoms in total. The summed E-state index contributed by atoms with van der Waals surface area (Å²) in [7, 11) is 0. The maximum absolute atomic E-state index is 12.7. The van der Waals surface area contributed by atoms with Gasteiger partial charge in [0.25, 0.3) is 5.91 Å². The molecular formula is C19H19ClN2O4. The van der Waals surface area contributed by atoms with Gasteiger partial charge in [0, 0.05) is 18.1 Å². The number of benzene rings is 2. The lowest BCUT2D eigenvalue weighted by Gasteiger charge is -2.31. The second-order valence-electron chi connectivity index (χ2n) is 6.11. The van der Waals surface area contributed by atoms with Crippen LogP contribution < -0.4 is 19.7 Å². The van der Waals surface area contributed by atoms with E-state index in [1.807, 2.05) is 30.3 Å². The maximum atomic E-state index is 12.7. The normalized spacial score (nSPS) is 19.1. The summed E-state index contributed by atoms with van der Waals surface area (Å²) in [4.78, 5) is 14.9.